The Kier molecular flexibility index (Phi) is 7.30. The summed E-state index contributed by atoms with van der Waals surface area (Å²) in [5.41, 5.74) is 3.32. The van der Waals surface area contributed by atoms with Crippen molar-refractivity contribution in [3.05, 3.63) is 81.9 Å². The van der Waals surface area contributed by atoms with E-state index in [0.717, 1.165) is 38.9 Å². The van der Waals surface area contributed by atoms with Gasteiger partial charge in [-0.25, -0.2) is 4.98 Å². The highest BCUT2D eigenvalue weighted by Crippen LogP contribution is 2.34. The molecule has 2 aliphatic rings. The lowest BCUT2D eigenvalue weighted by Crippen LogP contribution is -2.25. The smallest absolute Gasteiger partial charge is 0.255 e. The number of aryl methyl sites for hydroxylation is 1. The Morgan fingerprint density at radius 2 is 2.18 bits per heavy atom. The third-order valence-electron chi connectivity index (χ3n) is 5.12. The number of halogens is 1. The molecular formula is C25H22ClN3O4S. The number of rotatable bonds is 4. The largest absolute Gasteiger partial charge is 0.508 e. The fourth-order valence-corrected chi connectivity index (χ4v) is 4.69. The summed E-state index contributed by atoms with van der Waals surface area (Å²) in [7, 11) is 0. The van der Waals surface area contributed by atoms with Gasteiger partial charge in [0.2, 0.25) is 6.41 Å². The van der Waals surface area contributed by atoms with Crippen LogP contribution in [-0.2, 0) is 16.1 Å². The lowest BCUT2D eigenvalue weighted by Gasteiger charge is -2.18. The lowest BCUT2D eigenvalue weighted by atomic mass is 10.0. The second kappa shape index (κ2) is 10.5. The van der Waals surface area contributed by atoms with Gasteiger partial charge < -0.3 is 20.5 Å². The van der Waals surface area contributed by atoms with Crippen LogP contribution in [0.2, 0.25) is 5.02 Å². The Balaban J connectivity index is 0.000000161. The number of benzene rings is 2. The number of nitrogens with one attached hydrogen (secondary N) is 2. The van der Waals surface area contributed by atoms with E-state index < -0.39 is 0 Å². The van der Waals surface area contributed by atoms with Crippen LogP contribution in [0, 0.1) is 6.92 Å². The van der Waals surface area contributed by atoms with Crippen molar-refractivity contribution in [3.8, 4) is 22.1 Å². The van der Waals surface area contributed by atoms with Gasteiger partial charge in [-0.05, 0) is 42.8 Å². The Morgan fingerprint density at radius 3 is 2.97 bits per heavy atom. The first kappa shape index (κ1) is 23.5. The van der Waals surface area contributed by atoms with Crippen LogP contribution in [0.3, 0.4) is 0 Å². The monoisotopic (exact) mass is 495 g/mol. The molecule has 2 aromatic carbocycles. The van der Waals surface area contributed by atoms with E-state index in [1.165, 1.54) is 17.4 Å². The second-order valence-electron chi connectivity index (χ2n) is 7.64. The molecule has 3 N–H and O–H groups in total. The molecule has 5 rings (SSSR count). The minimum Gasteiger partial charge on any atom is -0.508 e. The summed E-state index contributed by atoms with van der Waals surface area (Å²) in [6.45, 7) is 2.45. The van der Waals surface area contributed by atoms with Gasteiger partial charge in [-0.1, -0.05) is 35.9 Å². The molecule has 2 heterocycles. The molecule has 174 valence electrons. The van der Waals surface area contributed by atoms with E-state index in [2.05, 4.69) is 15.6 Å². The first-order valence-electron chi connectivity index (χ1n) is 10.5. The summed E-state index contributed by atoms with van der Waals surface area (Å²) in [6.07, 6.45) is 8.65. The Hall–Kier alpha value is -3.62. The van der Waals surface area contributed by atoms with Gasteiger partial charge in [-0.2, -0.15) is 0 Å². The molecule has 0 spiro atoms. The van der Waals surface area contributed by atoms with Gasteiger partial charge in [-0.15, -0.1) is 11.3 Å². The number of allylic oxidation sites excluding steroid dienone is 2. The molecule has 1 aromatic heterocycles. The van der Waals surface area contributed by atoms with Crippen LogP contribution < -0.4 is 15.4 Å². The number of amides is 2. The van der Waals surface area contributed by atoms with Crippen LogP contribution in [0.4, 0.5) is 5.69 Å². The molecule has 34 heavy (non-hydrogen) atoms. The summed E-state index contributed by atoms with van der Waals surface area (Å²) in [4.78, 5) is 27.4. The first-order valence-corrected chi connectivity index (χ1v) is 11.7. The van der Waals surface area contributed by atoms with Crippen LogP contribution in [0.5, 0.6) is 11.5 Å². The number of carbonyl (C=O) groups is 2. The number of hydrogen-bond acceptors (Lipinski definition) is 6. The highest BCUT2D eigenvalue weighted by Gasteiger charge is 2.28. The predicted molar refractivity (Wildman–Crippen MR) is 133 cm³/mol. The number of phenolic OH excluding ortho intramolecular Hbond substituents is 1. The average Bonchev–Trinajstić information content (AvgIpc) is 3.23. The molecule has 0 radical (unpaired) electrons. The van der Waals surface area contributed by atoms with Gasteiger partial charge in [0.25, 0.3) is 5.91 Å². The molecule has 3 aromatic rings. The SMILES string of the molecule is Cc1ccc2c(c1)NC(=O)C1=CC=CCC1O2.O=CNCc1cnc(-c2ccc(O)cc2Cl)s1. The topological polar surface area (TPSA) is 101 Å². The zero-order valence-corrected chi connectivity index (χ0v) is 19.8. The maximum Gasteiger partial charge on any atom is 0.255 e. The van der Waals surface area contributed by atoms with Crippen LogP contribution >= 0.6 is 22.9 Å². The van der Waals surface area contributed by atoms with E-state index in [4.69, 9.17) is 16.3 Å². The van der Waals surface area contributed by atoms with Crippen LogP contribution in [0.1, 0.15) is 16.9 Å². The summed E-state index contributed by atoms with van der Waals surface area (Å²) < 4.78 is 5.88. The zero-order chi connectivity index (χ0) is 24.1. The van der Waals surface area contributed by atoms with Gasteiger partial charge in [0, 0.05) is 23.1 Å². The van der Waals surface area contributed by atoms with Crippen molar-refractivity contribution >= 4 is 40.9 Å². The van der Waals surface area contributed by atoms with Crippen molar-refractivity contribution in [1.29, 1.82) is 0 Å². The molecule has 0 saturated heterocycles. The fraction of sp³-hybridized carbons (Fsp3) is 0.160. The van der Waals surface area contributed by atoms with Crippen molar-refractivity contribution in [2.24, 2.45) is 0 Å². The van der Waals surface area contributed by atoms with Crippen molar-refractivity contribution in [1.82, 2.24) is 10.3 Å². The van der Waals surface area contributed by atoms with E-state index in [0.29, 0.717) is 23.6 Å². The molecule has 1 aliphatic heterocycles. The summed E-state index contributed by atoms with van der Waals surface area (Å²) in [5.74, 6) is 0.800. The molecular weight excluding hydrogens is 474 g/mol. The standard InChI is InChI=1S/C14H13NO2.C11H9ClN2O2S/c1-9-6-7-13-11(8-9)15-14(16)10-4-2-3-5-12(10)17-13;12-10-3-7(16)1-2-9(10)11-14-5-8(17-11)4-13-6-15/h2-4,6-8,12H,5H2,1H3,(H,15,16);1-3,5-6,16H,4H2,(H,13,15). The second-order valence-corrected chi connectivity index (χ2v) is 9.16. The number of phenols is 1. The maximum atomic E-state index is 12.0. The van der Waals surface area contributed by atoms with Crippen LogP contribution in [0.25, 0.3) is 10.6 Å². The third-order valence-corrected chi connectivity index (χ3v) is 6.46. The van der Waals surface area contributed by atoms with Crippen molar-refractivity contribution in [3.63, 3.8) is 0 Å². The quantitative estimate of drug-likeness (QED) is 0.442. The highest BCUT2D eigenvalue weighted by atomic mass is 35.5. The first-order chi connectivity index (χ1) is 16.4. The zero-order valence-electron chi connectivity index (χ0n) is 18.2. The van der Waals surface area contributed by atoms with Gasteiger partial charge in [0.15, 0.2) is 0 Å². The Bertz CT molecular complexity index is 1280. The highest BCUT2D eigenvalue weighted by molar-refractivity contribution is 7.15. The number of ether oxygens (including phenoxy) is 1. The number of hydrogen-bond donors (Lipinski definition) is 3. The van der Waals surface area contributed by atoms with E-state index in [1.54, 1.807) is 18.3 Å². The fourth-order valence-electron chi connectivity index (χ4n) is 3.47. The van der Waals surface area contributed by atoms with Gasteiger partial charge in [0.1, 0.15) is 22.6 Å². The molecule has 9 heteroatoms. The van der Waals surface area contributed by atoms with E-state index in [9.17, 15) is 14.7 Å². The number of carbonyl (C=O) groups excluding carboxylic acids is 2. The van der Waals surface area contributed by atoms with Gasteiger partial charge in [0.05, 0.1) is 22.8 Å². The van der Waals surface area contributed by atoms with Crippen molar-refractivity contribution in [2.75, 3.05) is 5.32 Å². The number of thiazole rings is 1. The number of anilines is 1. The summed E-state index contributed by atoms with van der Waals surface area (Å²) >= 11 is 7.46. The maximum absolute atomic E-state index is 12.0. The lowest BCUT2D eigenvalue weighted by molar-refractivity contribution is -0.113. The van der Waals surface area contributed by atoms with E-state index in [1.807, 2.05) is 43.4 Å². The average molecular weight is 496 g/mol. The summed E-state index contributed by atoms with van der Waals surface area (Å²) in [5, 5.41) is 15.9. The molecule has 0 fully saturated rings. The van der Waals surface area contributed by atoms with E-state index in [-0.39, 0.29) is 17.8 Å². The molecule has 0 bridgehead atoms. The number of aromatic nitrogens is 1. The Morgan fingerprint density at radius 1 is 1.32 bits per heavy atom. The molecule has 1 atom stereocenters. The molecule has 0 saturated carbocycles. The Labute approximate surface area is 205 Å². The minimum atomic E-state index is -0.163. The predicted octanol–water partition coefficient (Wildman–Crippen LogP) is 5.00. The van der Waals surface area contributed by atoms with Crippen molar-refractivity contribution in [2.45, 2.75) is 26.0 Å². The number of aromatic hydroxyl groups is 1. The number of fused-ring (bicyclic) bond motifs is 2. The molecule has 2 amide bonds. The number of nitrogens with zero attached hydrogens (tertiary/aromatic N) is 1. The van der Waals surface area contributed by atoms with Gasteiger partial charge in [-0.3, -0.25) is 9.59 Å². The van der Waals surface area contributed by atoms with Gasteiger partial charge >= 0.3 is 0 Å². The summed E-state index contributed by atoms with van der Waals surface area (Å²) in [6, 6.07) is 10.6. The third kappa shape index (κ3) is 5.47. The molecule has 7 nitrogen and oxygen atoms in total. The normalized spacial score (nSPS) is 15.9. The van der Waals surface area contributed by atoms with E-state index >= 15 is 0 Å². The molecule has 1 unspecified atom stereocenters. The van der Waals surface area contributed by atoms with Crippen LogP contribution in [-0.4, -0.2) is 28.5 Å². The van der Waals surface area contributed by atoms with Crippen molar-refractivity contribution < 1.29 is 19.4 Å². The molecule has 1 aliphatic carbocycles. The minimum absolute atomic E-state index is 0.0660. The van der Waals surface area contributed by atoms with Crippen LogP contribution in [0.15, 0.2) is 66.4 Å².